The first-order valence-corrected chi connectivity index (χ1v) is 5.98. The number of aliphatic hydroxyl groups excluding tert-OH is 2. The predicted molar refractivity (Wildman–Crippen MR) is 63.4 cm³/mol. The smallest absolute Gasteiger partial charge is 0.161 e. The number of hydrogen-bond acceptors (Lipinski definition) is 6. The molecule has 2 aliphatic heterocycles. The summed E-state index contributed by atoms with van der Waals surface area (Å²) in [4.78, 5) is 6.22. The summed E-state index contributed by atoms with van der Waals surface area (Å²) in [5.74, 6) is 0. The Bertz CT molecular complexity index is 321. The van der Waals surface area contributed by atoms with Gasteiger partial charge in [0.25, 0.3) is 0 Å². The summed E-state index contributed by atoms with van der Waals surface area (Å²) in [5.41, 5.74) is -0.237. The van der Waals surface area contributed by atoms with Gasteiger partial charge < -0.3 is 19.8 Å². The molecule has 0 saturated carbocycles. The number of amidine groups is 1. The fourth-order valence-electron chi connectivity index (χ4n) is 1.79. The van der Waals surface area contributed by atoms with Crippen LogP contribution < -0.4 is 0 Å². The molecule has 0 aromatic rings. The summed E-state index contributed by atoms with van der Waals surface area (Å²) in [6, 6.07) is -0.395. The van der Waals surface area contributed by atoms with Crippen LogP contribution in [0.4, 0.5) is 0 Å². The predicted octanol–water partition coefficient (Wildman–Crippen LogP) is -0.348. The zero-order valence-electron chi connectivity index (χ0n) is 9.28. The van der Waals surface area contributed by atoms with Gasteiger partial charge in [0.2, 0.25) is 0 Å². The van der Waals surface area contributed by atoms with Crippen LogP contribution in [0.15, 0.2) is 17.6 Å². The minimum atomic E-state index is -0.954. The van der Waals surface area contributed by atoms with Crippen molar-refractivity contribution in [2.24, 2.45) is 4.99 Å². The van der Waals surface area contributed by atoms with E-state index in [2.05, 4.69) is 11.6 Å². The van der Waals surface area contributed by atoms with Gasteiger partial charge in [-0.3, -0.25) is 4.99 Å². The van der Waals surface area contributed by atoms with Crippen molar-refractivity contribution in [2.75, 3.05) is 14.1 Å². The molecule has 0 spiro atoms. The molecule has 2 heterocycles. The summed E-state index contributed by atoms with van der Waals surface area (Å²) >= 11 is 1.46. The van der Waals surface area contributed by atoms with E-state index in [1.54, 1.807) is 0 Å². The second-order valence-electron chi connectivity index (χ2n) is 4.10. The normalized spacial score (nSPS) is 42.5. The highest BCUT2D eigenvalue weighted by atomic mass is 32.2. The van der Waals surface area contributed by atoms with Crippen LogP contribution in [0, 0.1) is 0 Å². The first-order valence-electron chi connectivity index (χ1n) is 5.10. The number of thioether (sulfide) groups is 1. The highest BCUT2D eigenvalue weighted by Gasteiger charge is 2.47. The molecule has 0 amide bonds. The van der Waals surface area contributed by atoms with Crippen molar-refractivity contribution in [1.82, 2.24) is 4.90 Å². The average Bonchev–Trinajstić information content (AvgIpc) is 2.67. The molecule has 1 fully saturated rings. The highest BCUT2D eigenvalue weighted by Crippen LogP contribution is 2.37. The van der Waals surface area contributed by atoms with Crippen molar-refractivity contribution in [3.8, 4) is 0 Å². The summed E-state index contributed by atoms with van der Waals surface area (Å²) in [6.45, 7) is 3.58. The number of hydrogen-bond donors (Lipinski definition) is 2. The number of fused-ring (bicyclic) bond motifs is 1. The van der Waals surface area contributed by atoms with Crippen molar-refractivity contribution in [3.63, 3.8) is 0 Å². The van der Waals surface area contributed by atoms with Crippen LogP contribution in [-0.4, -0.2) is 64.2 Å². The fraction of sp³-hybridized carbons (Fsp3) is 0.700. The van der Waals surface area contributed by atoms with Crippen LogP contribution in [-0.2, 0) is 4.74 Å². The van der Waals surface area contributed by atoms with Crippen molar-refractivity contribution >= 4 is 16.9 Å². The summed E-state index contributed by atoms with van der Waals surface area (Å²) in [6.07, 6.45) is -0.866. The lowest BCUT2D eigenvalue weighted by atomic mass is 9.98. The number of rotatable bonds is 1. The lowest BCUT2D eigenvalue weighted by molar-refractivity contribution is -0.135. The molecule has 0 radical (unpaired) electrons. The quantitative estimate of drug-likeness (QED) is 0.617. The second-order valence-corrected chi connectivity index (χ2v) is 5.17. The standard InChI is InChI=1S/C10H16N2O3S/c1-4-5-7(13)8(14)6-9(15-5)16-10(11-6)12(2)3/h4-9,13-14H,1H2,2-3H3. The summed E-state index contributed by atoms with van der Waals surface area (Å²) in [5, 5.41) is 20.5. The lowest BCUT2D eigenvalue weighted by Gasteiger charge is -2.36. The molecule has 0 bridgehead atoms. The van der Waals surface area contributed by atoms with Gasteiger partial charge in [0.05, 0.1) is 0 Å². The van der Waals surface area contributed by atoms with Crippen molar-refractivity contribution < 1.29 is 14.9 Å². The lowest BCUT2D eigenvalue weighted by Crippen LogP contribution is -2.53. The molecule has 16 heavy (non-hydrogen) atoms. The van der Waals surface area contributed by atoms with E-state index < -0.39 is 24.4 Å². The molecule has 5 unspecified atom stereocenters. The van der Waals surface area contributed by atoms with Gasteiger partial charge in [0, 0.05) is 14.1 Å². The van der Waals surface area contributed by atoms with Gasteiger partial charge in [-0.15, -0.1) is 6.58 Å². The first-order chi connectivity index (χ1) is 7.54. The summed E-state index contributed by atoms with van der Waals surface area (Å²) < 4.78 is 5.62. The van der Waals surface area contributed by atoms with Crippen LogP contribution in [0.5, 0.6) is 0 Å². The molecule has 6 heteroatoms. The van der Waals surface area contributed by atoms with E-state index in [0.717, 1.165) is 5.17 Å². The van der Waals surface area contributed by atoms with E-state index >= 15 is 0 Å². The Morgan fingerprint density at radius 1 is 1.44 bits per heavy atom. The van der Waals surface area contributed by atoms with Crippen molar-refractivity contribution in [2.45, 2.75) is 29.8 Å². The Morgan fingerprint density at radius 3 is 2.69 bits per heavy atom. The maximum Gasteiger partial charge on any atom is 0.161 e. The Hall–Kier alpha value is -0.560. The van der Waals surface area contributed by atoms with Gasteiger partial charge in [-0.05, 0) is 0 Å². The fourth-order valence-corrected chi connectivity index (χ4v) is 2.93. The van der Waals surface area contributed by atoms with E-state index in [4.69, 9.17) is 4.74 Å². The molecule has 2 aliphatic rings. The van der Waals surface area contributed by atoms with Crippen molar-refractivity contribution in [3.05, 3.63) is 12.7 Å². The van der Waals surface area contributed by atoms with Gasteiger partial charge in [-0.25, -0.2) is 0 Å². The van der Waals surface area contributed by atoms with Gasteiger partial charge in [-0.1, -0.05) is 17.8 Å². The van der Waals surface area contributed by atoms with E-state index in [1.807, 2.05) is 19.0 Å². The molecule has 0 aromatic heterocycles. The highest BCUT2D eigenvalue weighted by molar-refractivity contribution is 8.14. The molecule has 90 valence electrons. The SMILES string of the molecule is C=CC1OC2SC(N(C)C)=NC2C(O)C1O. The third-order valence-corrected chi connectivity index (χ3v) is 4.01. The Balaban J connectivity index is 2.17. The van der Waals surface area contributed by atoms with E-state index in [9.17, 15) is 10.2 Å². The first kappa shape index (κ1) is 11.9. The molecular weight excluding hydrogens is 228 g/mol. The largest absolute Gasteiger partial charge is 0.388 e. The number of aliphatic imine (C=N–C) groups is 1. The van der Waals surface area contributed by atoms with Gasteiger partial charge in [0.1, 0.15) is 29.8 Å². The number of ether oxygens (including phenoxy) is 1. The molecule has 0 aromatic carbocycles. The molecule has 2 rings (SSSR count). The zero-order valence-corrected chi connectivity index (χ0v) is 10.1. The van der Waals surface area contributed by atoms with Crippen LogP contribution in [0.2, 0.25) is 0 Å². The third-order valence-electron chi connectivity index (χ3n) is 2.70. The topological polar surface area (TPSA) is 65.3 Å². The van der Waals surface area contributed by atoms with Gasteiger partial charge >= 0.3 is 0 Å². The Morgan fingerprint density at radius 2 is 2.12 bits per heavy atom. The number of nitrogens with zero attached hydrogens (tertiary/aromatic N) is 2. The number of aliphatic hydroxyl groups is 2. The zero-order chi connectivity index (χ0) is 11.9. The second kappa shape index (κ2) is 4.37. The Kier molecular flexibility index (Phi) is 3.25. The third kappa shape index (κ3) is 1.86. The molecule has 1 saturated heterocycles. The molecule has 2 N–H and O–H groups in total. The van der Waals surface area contributed by atoms with E-state index in [1.165, 1.54) is 17.8 Å². The maximum atomic E-state index is 9.93. The van der Waals surface area contributed by atoms with Crippen LogP contribution >= 0.6 is 11.8 Å². The summed E-state index contributed by atoms with van der Waals surface area (Å²) in [7, 11) is 3.77. The average molecular weight is 244 g/mol. The van der Waals surface area contributed by atoms with Crippen LogP contribution in [0.3, 0.4) is 0 Å². The van der Waals surface area contributed by atoms with E-state index in [0.29, 0.717) is 0 Å². The monoisotopic (exact) mass is 244 g/mol. The van der Waals surface area contributed by atoms with Gasteiger partial charge in [0.15, 0.2) is 5.17 Å². The van der Waals surface area contributed by atoms with E-state index in [-0.39, 0.29) is 5.44 Å². The van der Waals surface area contributed by atoms with Crippen LogP contribution in [0.25, 0.3) is 0 Å². The van der Waals surface area contributed by atoms with Crippen molar-refractivity contribution in [1.29, 1.82) is 0 Å². The molecule has 5 nitrogen and oxygen atoms in total. The molecule has 5 atom stereocenters. The minimum absolute atomic E-state index is 0.237. The minimum Gasteiger partial charge on any atom is -0.388 e. The Labute approximate surface area is 98.8 Å². The maximum absolute atomic E-state index is 9.93. The molecular formula is C10H16N2O3S. The molecule has 0 aliphatic carbocycles. The van der Waals surface area contributed by atoms with Gasteiger partial charge in [-0.2, -0.15) is 0 Å². The van der Waals surface area contributed by atoms with Crippen LogP contribution in [0.1, 0.15) is 0 Å².